The predicted molar refractivity (Wildman–Crippen MR) is 10.4 cm³/mol. The van der Waals surface area contributed by atoms with Crippen LogP contribution in [0.4, 0.5) is 0 Å². The summed E-state index contributed by atoms with van der Waals surface area (Å²) in [6, 6.07) is 1.25. The molecule has 2 nitrogen and oxygen atoms in total. The SMILES string of the molecule is N=C=N.[Cr]. The molecule has 0 aromatic rings. The van der Waals surface area contributed by atoms with E-state index in [9.17, 15) is 0 Å². The Balaban J connectivity index is 0. The van der Waals surface area contributed by atoms with Gasteiger partial charge in [0, 0.05) is 17.4 Å². The maximum absolute atomic E-state index is 5.62. The fraction of sp³-hybridized carbons (Fsp3) is 0. The minimum atomic E-state index is 0. The summed E-state index contributed by atoms with van der Waals surface area (Å²) in [5.74, 6) is 0. The molecule has 0 spiro atoms. The van der Waals surface area contributed by atoms with E-state index >= 15 is 0 Å². The number of nitrogens with one attached hydrogen (secondary N) is 2. The summed E-state index contributed by atoms with van der Waals surface area (Å²) in [7, 11) is 0. The van der Waals surface area contributed by atoms with E-state index in [1.807, 2.05) is 0 Å². The van der Waals surface area contributed by atoms with Crippen molar-refractivity contribution < 1.29 is 17.4 Å². The molecule has 0 aromatic carbocycles. The minimum Gasteiger partial charge on any atom is -0.242 e. The van der Waals surface area contributed by atoms with E-state index in [2.05, 4.69) is 0 Å². The first kappa shape index (κ1) is 9.07. The van der Waals surface area contributed by atoms with Crippen LogP contribution in [0.15, 0.2) is 0 Å². The van der Waals surface area contributed by atoms with Crippen molar-refractivity contribution in [3.63, 3.8) is 0 Å². The second-order valence-electron chi connectivity index (χ2n) is 0.125. The van der Waals surface area contributed by atoms with Gasteiger partial charge in [0.1, 0.15) is 0 Å². The average Bonchev–Trinajstić information content (AvgIpc) is 0.918. The van der Waals surface area contributed by atoms with Gasteiger partial charge in [-0.2, -0.15) is 0 Å². The smallest absolute Gasteiger partial charge is 0.0831 e. The Labute approximate surface area is 35.0 Å². The maximum atomic E-state index is 5.62. The monoisotopic (exact) mass is 94.0 g/mol. The van der Waals surface area contributed by atoms with Crippen LogP contribution in [-0.4, -0.2) is 6.01 Å². The van der Waals surface area contributed by atoms with Gasteiger partial charge in [0.2, 0.25) is 0 Å². The summed E-state index contributed by atoms with van der Waals surface area (Å²) < 4.78 is 0. The molecule has 0 aromatic heterocycles. The zero-order valence-corrected chi connectivity index (χ0v) is 3.18. The molecule has 0 fully saturated rings. The Morgan fingerprint density at radius 2 is 1.25 bits per heavy atom. The Morgan fingerprint density at radius 1 is 1.25 bits per heavy atom. The topological polar surface area (TPSA) is 47.7 Å². The van der Waals surface area contributed by atoms with E-state index in [1.54, 1.807) is 0 Å². The van der Waals surface area contributed by atoms with Crippen LogP contribution in [0.5, 0.6) is 0 Å². The molecule has 0 rings (SSSR count). The molecule has 0 unspecified atom stereocenters. The van der Waals surface area contributed by atoms with Gasteiger partial charge in [0.25, 0.3) is 0 Å². The van der Waals surface area contributed by atoms with Crippen LogP contribution in [0, 0.1) is 10.8 Å². The van der Waals surface area contributed by atoms with E-state index < -0.39 is 0 Å². The molecule has 0 atom stereocenters. The Bertz CT molecular complexity index is 27.0. The molecule has 0 radical (unpaired) electrons. The third-order valence-electron chi connectivity index (χ3n) is 0. The standard InChI is InChI=1S/CH2N2.Cr/c2-1-3;/h2-3H;. The quantitative estimate of drug-likeness (QED) is 0.406. The van der Waals surface area contributed by atoms with E-state index in [-0.39, 0.29) is 17.4 Å². The van der Waals surface area contributed by atoms with Crippen LogP contribution < -0.4 is 0 Å². The van der Waals surface area contributed by atoms with Crippen LogP contribution in [0.1, 0.15) is 0 Å². The summed E-state index contributed by atoms with van der Waals surface area (Å²) in [5, 5.41) is 11.2. The van der Waals surface area contributed by atoms with E-state index in [0.29, 0.717) is 0 Å². The number of rotatable bonds is 0. The molecule has 0 aliphatic heterocycles. The van der Waals surface area contributed by atoms with Gasteiger partial charge < -0.3 is 0 Å². The van der Waals surface area contributed by atoms with Crippen molar-refractivity contribution in [1.29, 1.82) is 10.8 Å². The predicted octanol–water partition coefficient (Wildman–Crippen LogP) is 0.315. The molecule has 22 valence electrons. The normalized spacial score (nSPS) is 2.00. The molecule has 0 saturated carbocycles. The molecule has 0 heterocycles. The van der Waals surface area contributed by atoms with Crippen molar-refractivity contribution in [3.05, 3.63) is 0 Å². The molecule has 0 aliphatic carbocycles. The van der Waals surface area contributed by atoms with Crippen molar-refractivity contribution in [2.75, 3.05) is 0 Å². The van der Waals surface area contributed by atoms with E-state index in [4.69, 9.17) is 10.8 Å². The van der Waals surface area contributed by atoms with Gasteiger partial charge in [-0.25, -0.2) is 10.8 Å². The zero-order valence-electron chi connectivity index (χ0n) is 1.91. The van der Waals surface area contributed by atoms with Gasteiger partial charge in [-0.3, -0.25) is 0 Å². The van der Waals surface area contributed by atoms with Crippen molar-refractivity contribution in [2.45, 2.75) is 0 Å². The van der Waals surface area contributed by atoms with Crippen LogP contribution in [0.3, 0.4) is 0 Å². The fourth-order valence-corrected chi connectivity index (χ4v) is 0. The second kappa shape index (κ2) is 12.8. The first-order valence-electron chi connectivity index (χ1n) is 0.500. The first-order valence-corrected chi connectivity index (χ1v) is 0.500. The van der Waals surface area contributed by atoms with Gasteiger partial charge in [-0.1, -0.05) is 0 Å². The van der Waals surface area contributed by atoms with Crippen molar-refractivity contribution >= 4 is 6.01 Å². The van der Waals surface area contributed by atoms with Crippen LogP contribution in [0.25, 0.3) is 0 Å². The number of hydrogen-bond acceptors (Lipinski definition) is 2. The van der Waals surface area contributed by atoms with Gasteiger partial charge in [-0.05, 0) is 0 Å². The fourth-order valence-electron chi connectivity index (χ4n) is 0. The molecule has 0 saturated heterocycles. The molecule has 4 heavy (non-hydrogen) atoms. The summed E-state index contributed by atoms with van der Waals surface area (Å²) in [4.78, 5) is 0. The largest absolute Gasteiger partial charge is 0.242 e. The number of hydrogen-bond donors (Lipinski definition) is 2. The van der Waals surface area contributed by atoms with Gasteiger partial charge in [0.05, 0.1) is 6.01 Å². The van der Waals surface area contributed by atoms with E-state index in [0.717, 1.165) is 0 Å². The van der Waals surface area contributed by atoms with E-state index in [1.165, 1.54) is 6.01 Å². The second-order valence-corrected chi connectivity index (χ2v) is 0.125. The van der Waals surface area contributed by atoms with Crippen LogP contribution >= 0.6 is 0 Å². The van der Waals surface area contributed by atoms with Gasteiger partial charge in [-0.15, -0.1) is 0 Å². The van der Waals surface area contributed by atoms with Crippen LogP contribution in [-0.2, 0) is 17.4 Å². The van der Waals surface area contributed by atoms with Crippen molar-refractivity contribution in [3.8, 4) is 0 Å². The zero-order chi connectivity index (χ0) is 2.71. The van der Waals surface area contributed by atoms with Crippen molar-refractivity contribution in [1.82, 2.24) is 0 Å². The average molecular weight is 94.0 g/mol. The molecular weight excluding hydrogens is 92.0 g/mol. The molecule has 0 bridgehead atoms. The van der Waals surface area contributed by atoms with Crippen LogP contribution in [0.2, 0.25) is 0 Å². The summed E-state index contributed by atoms with van der Waals surface area (Å²) in [5.41, 5.74) is 0. The third-order valence-corrected chi connectivity index (χ3v) is 0. The first-order chi connectivity index (χ1) is 1.41. The Kier molecular flexibility index (Phi) is 29.0. The summed E-state index contributed by atoms with van der Waals surface area (Å²) in [6.45, 7) is 0. The Morgan fingerprint density at radius 3 is 1.25 bits per heavy atom. The summed E-state index contributed by atoms with van der Waals surface area (Å²) in [6.07, 6.45) is 0. The molecule has 3 heteroatoms. The summed E-state index contributed by atoms with van der Waals surface area (Å²) >= 11 is 0. The maximum Gasteiger partial charge on any atom is 0.0831 e. The van der Waals surface area contributed by atoms with Gasteiger partial charge in [0.15, 0.2) is 0 Å². The minimum absolute atomic E-state index is 0. The molecule has 0 aliphatic rings. The Hall–Kier alpha value is -0.0875. The molecule has 0 amide bonds. The van der Waals surface area contributed by atoms with Crippen molar-refractivity contribution in [2.24, 2.45) is 0 Å². The molecule has 2 N–H and O–H groups in total. The molecular formula is CH2CrN2. The van der Waals surface area contributed by atoms with Gasteiger partial charge >= 0.3 is 0 Å². The third kappa shape index (κ3) is 208.